The number of aryl methyl sites for hydroxylation is 1. The molecule has 3 unspecified atom stereocenters. The molecule has 9 nitrogen and oxygen atoms in total. The van der Waals surface area contributed by atoms with Gasteiger partial charge in [-0.15, -0.1) is 11.3 Å². The molecule has 3 aromatic rings. The molecule has 0 radical (unpaired) electrons. The van der Waals surface area contributed by atoms with Crippen molar-refractivity contribution in [1.29, 1.82) is 0 Å². The van der Waals surface area contributed by atoms with Crippen LogP contribution in [0.4, 0.5) is 17.6 Å². The van der Waals surface area contributed by atoms with E-state index in [1.807, 2.05) is 24.4 Å². The van der Waals surface area contributed by atoms with Crippen LogP contribution in [0.1, 0.15) is 51.6 Å². The van der Waals surface area contributed by atoms with Crippen LogP contribution < -0.4 is 16.0 Å². The molecule has 3 aromatic heterocycles. The molecule has 1 amide bonds. The van der Waals surface area contributed by atoms with Gasteiger partial charge in [-0.3, -0.25) is 9.89 Å². The summed E-state index contributed by atoms with van der Waals surface area (Å²) < 4.78 is 0. The van der Waals surface area contributed by atoms with Crippen LogP contribution in [0.25, 0.3) is 10.2 Å². The minimum absolute atomic E-state index is 0.171. The van der Waals surface area contributed by atoms with Crippen LogP contribution in [0.15, 0.2) is 17.5 Å². The summed E-state index contributed by atoms with van der Waals surface area (Å²) in [5.74, 6) is 2.31. The first-order valence-electron chi connectivity index (χ1n) is 11.9. The molecule has 1 aliphatic heterocycles. The average Bonchev–Trinajstić information content (AvgIpc) is 3.34. The Morgan fingerprint density at radius 1 is 1.27 bits per heavy atom. The third kappa shape index (κ3) is 4.96. The monoisotopic (exact) mass is 468 g/mol. The Morgan fingerprint density at radius 3 is 2.85 bits per heavy atom. The minimum atomic E-state index is 0.171. The third-order valence-corrected chi connectivity index (χ3v) is 7.35. The Hall–Kier alpha value is -2.72. The van der Waals surface area contributed by atoms with Crippen LogP contribution in [0, 0.1) is 6.92 Å². The summed E-state index contributed by atoms with van der Waals surface area (Å²) in [4.78, 5) is 25.5. The van der Waals surface area contributed by atoms with Crippen LogP contribution >= 0.6 is 11.3 Å². The van der Waals surface area contributed by atoms with E-state index in [1.54, 1.807) is 11.3 Å². The molecule has 2 aliphatic rings. The molecule has 1 saturated heterocycles. The fourth-order valence-corrected chi connectivity index (χ4v) is 5.53. The molecule has 3 atom stereocenters. The minimum Gasteiger partial charge on any atom is -0.351 e. The predicted molar refractivity (Wildman–Crippen MR) is 132 cm³/mol. The van der Waals surface area contributed by atoms with Gasteiger partial charge in [-0.05, 0) is 57.4 Å². The Balaban J connectivity index is 1.30. The summed E-state index contributed by atoms with van der Waals surface area (Å²) in [6, 6.07) is 5.12. The summed E-state index contributed by atoms with van der Waals surface area (Å²) >= 11 is 1.60. The maximum atomic E-state index is 12.9. The van der Waals surface area contributed by atoms with E-state index in [4.69, 9.17) is 9.97 Å². The van der Waals surface area contributed by atoms with Gasteiger partial charge in [-0.25, -0.2) is 4.98 Å². The van der Waals surface area contributed by atoms with Crippen molar-refractivity contribution in [2.45, 2.75) is 77.0 Å². The molecule has 1 aliphatic carbocycles. The van der Waals surface area contributed by atoms with Gasteiger partial charge in [0.05, 0.1) is 11.9 Å². The molecule has 0 aromatic carbocycles. The molecule has 2 fully saturated rings. The number of thiophene rings is 1. The largest absolute Gasteiger partial charge is 0.351 e. The third-order valence-electron chi connectivity index (χ3n) is 6.54. The van der Waals surface area contributed by atoms with Gasteiger partial charge in [0, 0.05) is 35.9 Å². The van der Waals surface area contributed by atoms with E-state index in [1.165, 1.54) is 12.8 Å². The maximum Gasteiger partial charge on any atom is 0.237 e. The van der Waals surface area contributed by atoms with Crippen LogP contribution in [-0.2, 0) is 4.79 Å². The highest BCUT2D eigenvalue weighted by Crippen LogP contribution is 2.31. The normalized spacial score (nSPS) is 23.1. The maximum absolute atomic E-state index is 12.9. The highest BCUT2D eigenvalue weighted by atomic mass is 32.1. The van der Waals surface area contributed by atoms with Crippen molar-refractivity contribution in [3.8, 4) is 0 Å². The zero-order valence-corrected chi connectivity index (χ0v) is 20.2. The number of carbonyl (C=O) groups excluding carboxylic acids is 1. The molecule has 176 valence electrons. The zero-order valence-electron chi connectivity index (χ0n) is 19.4. The van der Waals surface area contributed by atoms with E-state index in [9.17, 15) is 4.79 Å². The average molecular weight is 469 g/mol. The van der Waals surface area contributed by atoms with Gasteiger partial charge in [0.2, 0.25) is 11.9 Å². The van der Waals surface area contributed by atoms with Gasteiger partial charge in [0.15, 0.2) is 5.82 Å². The highest BCUT2D eigenvalue weighted by molar-refractivity contribution is 7.16. The SMILES string of the molecule is CCC1CC(Nc2nc(Nc3cc(C)[nH]n3)c3ccsc3n2)CC(C)N1C(=O)CNC1CC1. The topological polar surface area (TPSA) is 111 Å². The number of amides is 1. The first-order valence-corrected chi connectivity index (χ1v) is 12.7. The number of aromatic nitrogens is 4. The number of hydrogen-bond donors (Lipinski definition) is 4. The van der Waals surface area contributed by atoms with Crippen molar-refractivity contribution in [3.05, 3.63) is 23.2 Å². The molecule has 10 heteroatoms. The number of aromatic amines is 1. The quantitative estimate of drug-likeness (QED) is 0.398. The number of hydrogen-bond acceptors (Lipinski definition) is 8. The number of likely N-dealkylation sites (tertiary alicyclic amines) is 1. The number of anilines is 3. The van der Waals surface area contributed by atoms with Gasteiger partial charge in [-0.1, -0.05) is 6.92 Å². The molecule has 0 spiro atoms. The number of carbonyl (C=O) groups is 1. The standard InChI is InChI=1S/C23H32N8OS/c1-4-17-11-16(10-14(3)31(17)20(32)12-24-15-5-6-15)25-23-27-21(18-7-8-33-22(18)28-23)26-19-9-13(2)29-30-19/h7-9,14-17,24H,4-6,10-12H2,1-3H3,(H3,25,26,27,28,29,30). The Morgan fingerprint density at radius 2 is 2.12 bits per heavy atom. The molecule has 33 heavy (non-hydrogen) atoms. The van der Waals surface area contributed by atoms with Crippen LogP contribution in [0.5, 0.6) is 0 Å². The summed E-state index contributed by atoms with van der Waals surface area (Å²) in [5.41, 5.74) is 0.986. The van der Waals surface area contributed by atoms with E-state index in [0.717, 1.165) is 46.8 Å². The zero-order chi connectivity index (χ0) is 22.9. The number of fused-ring (bicyclic) bond motifs is 1. The van der Waals surface area contributed by atoms with Gasteiger partial charge < -0.3 is 20.9 Å². The summed E-state index contributed by atoms with van der Waals surface area (Å²) in [6.45, 7) is 6.73. The second kappa shape index (κ2) is 9.26. The van der Waals surface area contributed by atoms with Crippen molar-refractivity contribution in [1.82, 2.24) is 30.4 Å². The van der Waals surface area contributed by atoms with E-state index >= 15 is 0 Å². The fourth-order valence-electron chi connectivity index (χ4n) is 4.77. The lowest BCUT2D eigenvalue weighted by atomic mass is 9.90. The van der Waals surface area contributed by atoms with E-state index in [-0.39, 0.29) is 24.0 Å². The molecule has 4 heterocycles. The number of nitrogens with zero attached hydrogens (tertiary/aromatic N) is 4. The molecule has 0 bridgehead atoms. The first kappa shape index (κ1) is 22.1. The summed E-state index contributed by atoms with van der Waals surface area (Å²) in [6.07, 6.45) is 5.09. The van der Waals surface area contributed by atoms with E-state index in [2.05, 4.69) is 44.9 Å². The fraction of sp³-hybridized carbons (Fsp3) is 0.565. The molecule has 1 saturated carbocycles. The second-order valence-electron chi connectivity index (χ2n) is 9.28. The van der Waals surface area contributed by atoms with Crippen molar-refractivity contribution < 1.29 is 4.79 Å². The number of rotatable bonds is 8. The Bertz CT molecular complexity index is 1120. The van der Waals surface area contributed by atoms with Crippen molar-refractivity contribution >= 4 is 45.0 Å². The highest BCUT2D eigenvalue weighted by Gasteiger charge is 2.36. The van der Waals surface area contributed by atoms with Crippen LogP contribution in [-0.4, -0.2) is 61.7 Å². The lowest BCUT2D eigenvalue weighted by Crippen LogP contribution is -2.55. The summed E-state index contributed by atoms with van der Waals surface area (Å²) in [5, 5.41) is 20.5. The lowest BCUT2D eigenvalue weighted by Gasteiger charge is -2.44. The van der Waals surface area contributed by atoms with E-state index < -0.39 is 0 Å². The number of piperidine rings is 1. The van der Waals surface area contributed by atoms with Crippen LogP contribution in [0.3, 0.4) is 0 Å². The number of nitrogens with one attached hydrogen (secondary N) is 4. The Kier molecular flexibility index (Phi) is 6.20. The first-order chi connectivity index (χ1) is 16.0. The van der Waals surface area contributed by atoms with E-state index in [0.29, 0.717) is 18.5 Å². The molecule has 5 rings (SSSR count). The molecular weight excluding hydrogens is 436 g/mol. The van der Waals surface area contributed by atoms with Gasteiger partial charge in [-0.2, -0.15) is 10.1 Å². The van der Waals surface area contributed by atoms with Crippen molar-refractivity contribution in [2.75, 3.05) is 17.2 Å². The van der Waals surface area contributed by atoms with Gasteiger partial charge in [0.25, 0.3) is 0 Å². The summed E-state index contributed by atoms with van der Waals surface area (Å²) in [7, 11) is 0. The second-order valence-corrected chi connectivity index (χ2v) is 10.2. The molecule has 4 N–H and O–H groups in total. The number of H-pyrrole nitrogens is 1. The molecular formula is C23H32N8OS. The van der Waals surface area contributed by atoms with Crippen molar-refractivity contribution in [3.63, 3.8) is 0 Å². The van der Waals surface area contributed by atoms with Gasteiger partial charge in [0.1, 0.15) is 10.6 Å². The lowest BCUT2D eigenvalue weighted by molar-refractivity contribution is -0.137. The smallest absolute Gasteiger partial charge is 0.237 e. The van der Waals surface area contributed by atoms with Crippen LogP contribution in [0.2, 0.25) is 0 Å². The predicted octanol–water partition coefficient (Wildman–Crippen LogP) is 3.79. The Labute approximate surface area is 197 Å². The van der Waals surface area contributed by atoms with Gasteiger partial charge >= 0.3 is 0 Å². The van der Waals surface area contributed by atoms with Crippen molar-refractivity contribution in [2.24, 2.45) is 0 Å².